The third-order valence-corrected chi connectivity index (χ3v) is 32.6. The van der Waals surface area contributed by atoms with Crippen LogP contribution in [-0.4, -0.2) is 155 Å². The lowest BCUT2D eigenvalue weighted by molar-refractivity contribution is -0.117. The number of rotatable bonds is 18. The van der Waals surface area contributed by atoms with Crippen molar-refractivity contribution in [3.8, 4) is 162 Å². The number of pyridine rings is 3. The van der Waals surface area contributed by atoms with Crippen LogP contribution >= 0.6 is 90.7 Å². The van der Waals surface area contributed by atoms with Gasteiger partial charge < -0.3 is 5.32 Å². The van der Waals surface area contributed by atoms with E-state index in [1.165, 1.54) is 80.0 Å². The molecular weight excluding hydrogens is 1920 g/mol. The lowest BCUT2D eigenvalue weighted by Crippen LogP contribution is -2.12. The quantitative estimate of drug-likeness (QED) is 0.0464. The zero-order valence-electron chi connectivity index (χ0n) is 76.1. The summed E-state index contributed by atoms with van der Waals surface area (Å²) >= 11 is 12.8. The zero-order valence-corrected chi connectivity index (χ0v) is 82.7. The number of aromatic nitrogens is 30. The number of hydrogen-bond acceptors (Lipinski definition) is 30. The number of anilines is 1. The van der Waals surface area contributed by atoms with Crippen molar-refractivity contribution >= 4 is 134 Å². The Hall–Kier alpha value is -15.8. The Morgan fingerprint density at radius 3 is 1.53 bits per heavy atom. The summed E-state index contributed by atoms with van der Waals surface area (Å²) in [6, 6.07) is 61.3. The fourth-order valence-corrected chi connectivity index (χ4v) is 25.9. The standard InChI is InChI=1S/C25H24N6S.C22H15N7S.C19H16N6OS2.C18H14N6S2.C17H12N6S2/c1-16-22(31-14-19(12-13-20(31)28-16)17-8-4-2-5-9-17)25-29-21(18-10-6-3-7-11-18)23(32-25)24-26-15-27-30-24;1-13-18(17-9-2-3-11-29(17)28-13)22-26-19(20(30-22)21-24-12-25-27-21)15-6-4-8-16-14(15)7-5-10-23-16;1-10-14(28-19(22-10)24-17(26)12-7-8-12)18-23-13(11-5-3-2-4-6-11)15(27-18)16-20-9-21-25-16;1-10-8-25-18-21-11(2)14(24(10)18)17-22-13(12-6-4-3-5-7-12)15(26-17)16-19-9-20-23-16;1-10-12(17-23(22-10)7-8-24-17)16-20-13(15-18-9-19-21-15)14(25-16)11-5-3-2-4-6-11/h3,6-7,10-15,17H,2,4-5,8-9H2,1H3,(H,26,27,30);2-12H,1H3,(H,24,25,27);2-6,9,12H,7-8H2,1H3,(H,20,21,25)(H,22,24,26);3-9H,1-2H3,(H,19,20,23);2-9H,1H3,(H,18,19,21). The van der Waals surface area contributed by atoms with E-state index < -0.39 is 0 Å². The first-order valence-corrected chi connectivity index (χ1v) is 51.9. The van der Waals surface area contributed by atoms with Gasteiger partial charge in [-0.2, -0.15) is 35.7 Å². The van der Waals surface area contributed by atoms with Crippen molar-refractivity contribution in [1.82, 2.24) is 149 Å². The Morgan fingerprint density at radius 2 is 0.922 bits per heavy atom. The normalized spacial score (nSPS) is 12.7. The van der Waals surface area contributed by atoms with Gasteiger partial charge in [0.1, 0.15) is 84.2 Å². The minimum atomic E-state index is 0.0618. The molecule has 0 aliphatic heterocycles. The molecule has 1 amide bonds. The van der Waals surface area contributed by atoms with Crippen LogP contribution in [0.2, 0.25) is 0 Å². The molecule has 141 heavy (non-hydrogen) atoms. The third kappa shape index (κ3) is 17.9. The van der Waals surface area contributed by atoms with Gasteiger partial charge in [0.15, 0.2) is 39.2 Å². The van der Waals surface area contributed by atoms with Crippen LogP contribution in [0, 0.1) is 47.5 Å². The number of carbonyl (C=O) groups is 1. The molecule has 2 aliphatic rings. The maximum Gasteiger partial charge on any atom is 0.229 e. The average molecular weight is 2000 g/mol. The molecule has 0 saturated heterocycles. The van der Waals surface area contributed by atoms with Gasteiger partial charge in [-0.3, -0.25) is 44.1 Å². The number of thiazole rings is 8. The van der Waals surface area contributed by atoms with Crippen molar-refractivity contribution in [1.29, 1.82) is 0 Å². The lowest BCUT2D eigenvalue weighted by Gasteiger charge is -2.22. The molecule has 27 rings (SSSR count). The Balaban J connectivity index is 0.0000000984. The van der Waals surface area contributed by atoms with E-state index in [9.17, 15) is 4.79 Å². The number of nitrogens with zero attached hydrogens (tertiary/aromatic N) is 25. The molecule has 20 heterocycles. The van der Waals surface area contributed by atoms with Gasteiger partial charge >= 0.3 is 0 Å². The summed E-state index contributed by atoms with van der Waals surface area (Å²) < 4.78 is 8.21. The van der Waals surface area contributed by atoms with E-state index in [0.29, 0.717) is 28.5 Å². The molecule has 0 spiro atoms. The molecule has 5 aromatic carbocycles. The van der Waals surface area contributed by atoms with Gasteiger partial charge in [-0.1, -0.05) is 182 Å². The topological polar surface area (TPSA) is 396 Å². The number of benzene rings is 5. The summed E-state index contributed by atoms with van der Waals surface area (Å²) in [6.07, 6.45) is 24.1. The highest BCUT2D eigenvalue weighted by Gasteiger charge is 2.33. The molecule has 6 N–H and O–H groups in total. The van der Waals surface area contributed by atoms with Gasteiger partial charge in [-0.25, -0.2) is 73.8 Å². The van der Waals surface area contributed by atoms with E-state index >= 15 is 0 Å². The minimum absolute atomic E-state index is 0.0618. The molecule has 694 valence electrons. The molecule has 2 aliphatic carbocycles. The summed E-state index contributed by atoms with van der Waals surface area (Å²) in [4.78, 5) is 85.3. The van der Waals surface area contributed by atoms with Crippen molar-refractivity contribution in [2.24, 2.45) is 5.92 Å². The first kappa shape index (κ1) is 89.1. The predicted molar refractivity (Wildman–Crippen MR) is 559 cm³/mol. The molecule has 0 unspecified atom stereocenters. The molecular formula is C101H81N31OS8. The summed E-state index contributed by atoms with van der Waals surface area (Å²) in [7, 11) is 0. The number of aryl methyl sites for hydroxylation is 6. The summed E-state index contributed by atoms with van der Waals surface area (Å²) in [5.41, 5.74) is 24.1. The molecule has 0 radical (unpaired) electrons. The first-order valence-electron chi connectivity index (χ1n) is 45.3. The predicted octanol–water partition coefficient (Wildman–Crippen LogP) is 24.3. The van der Waals surface area contributed by atoms with E-state index in [1.54, 1.807) is 91.9 Å². The Morgan fingerprint density at radius 1 is 0.397 bits per heavy atom. The minimum Gasteiger partial charge on any atom is -0.302 e. The van der Waals surface area contributed by atoms with Crippen molar-refractivity contribution < 1.29 is 4.79 Å². The van der Waals surface area contributed by atoms with Crippen molar-refractivity contribution in [2.75, 3.05) is 5.32 Å². The van der Waals surface area contributed by atoms with Gasteiger partial charge in [0.2, 0.25) is 5.91 Å². The van der Waals surface area contributed by atoms with Crippen LogP contribution in [-0.2, 0) is 4.79 Å². The number of amides is 1. The van der Waals surface area contributed by atoms with Crippen LogP contribution in [0.4, 0.5) is 5.13 Å². The molecule has 25 aromatic rings. The summed E-state index contributed by atoms with van der Waals surface area (Å²) in [5, 5.41) is 57.5. The monoisotopic (exact) mass is 2000 g/mol. The summed E-state index contributed by atoms with van der Waals surface area (Å²) in [5.74, 6) is 4.38. The van der Waals surface area contributed by atoms with Gasteiger partial charge in [0, 0.05) is 74.8 Å². The number of aromatic amines is 5. The smallest absolute Gasteiger partial charge is 0.229 e. The van der Waals surface area contributed by atoms with Crippen LogP contribution in [0.1, 0.15) is 90.6 Å². The Labute approximate surface area is 835 Å². The van der Waals surface area contributed by atoms with E-state index in [2.05, 4.69) is 202 Å². The number of H-pyrrole nitrogens is 5. The van der Waals surface area contributed by atoms with Gasteiger partial charge in [0.25, 0.3) is 0 Å². The fraction of sp³-hybridized carbons (Fsp3) is 0.149. The van der Waals surface area contributed by atoms with Crippen molar-refractivity contribution in [2.45, 2.75) is 92.4 Å². The molecule has 2 saturated carbocycles. The van der Waals surface area contributed by atoms with E-state index in [0.717, 1.165) is 218 Å². The molecule has 20 aromatic heterocycles. The van der Waals surface area contributed by atoms with Crippen LogP contribution in [0.15, 0.2) is 249 Å². The highest BCUT2D eigenvalue weighted by atomic mass is 32.1. The second-order valence-electron chi connectivity index (χ2n) is 33.4. The van der Waals surface area contributed by atoms with E-state index in [-0.39, 0.29) is 11.8 Å². The Bertz CT molecular complexity index is 8680. The number of carbonyl (C=O) groups excluding carboxylic acids is 1. The number of fused-ring (bicyclic) bond motifs is 5. The zero-order chi connectivity index (χ0) is 95.1. The number of imidazole rings is 2. The maximum absolute atomic E-state index is 12.1. The van der Waals surface area contributed by atoms with E-state index in [1.807, 2.05) is 170 Å². The molecule has 2 fully saturated rings. The lowest BCUT2D eigenvalue weighted by atomic mass is 9.85. The third-order valence-electron chi connectivity index (χ3n) is 24.1. The fourth-order valence-electron chi connectivity index (χ4n) is 17.3. The highest BCUT2D eigenvalue weighted by Crippen LogP contribution is 2.50. The SMILES string of the molecule is Cc1nc(NC(=O)C2CC2)sc1-c1nc(-c2ccccc2)c(-c2ncn[nH]2)s1.Cc1nc2ccc(C3CCCCC3)cn2c1-c1nc(-c2ccccc2)c(-c2ncn[nH]2)s1.Cc1nc2scc(C)n2c1-c1nc(-c2ccccc2)c(-c2ncn[nH]2)s1.Cc1nn2ccccc2c1-c1nc(-c2cccc3ncccc23)c(-c2ncn[nH]2)s1.Cc1nn2ccsc2c1-c1nc(-c2ncn[nH]2)c(-c2ccccc2)s1. The summed E-state index contributed by atoms with van der Waals surface area (Å²) in [6.45, 7) is 12.2. The van der Waals surface area contributed by atoms with Crippen LogP contribution in [0.5, 0.6) is 0 Å². The van der Waals surface area contributed by atoms with Crippen LogP contribution in [0.25, 0.3) is 194 Å². The van der Waals surface area contributed by atoms with Crippen LogP contribution in [0.3, 0.4) is 0 Å². The van der Waals surface area contributed by atoms with Gasteiger partial charge in [-0.15, -0.1) is 79.4 Å². The average Bonchev–Trinajstić information content (AvgIpc) is 1.59. The largest absolute Gasteiger partial charge is 0.302 e. The second-order valence-corrected chi connectivity index (χ2v) is 41.1. The Kier molecular flexibility index (Phi) is 24.6. The maximum atomic E-state index is 12.1. The van der Waals surface area contributed by atoms with Gasteiger partial charge in [0.05, 0.1) is 103 Å². The second kappa shape index (κ2) is 38.9. The molecule has 32 nitrogen and oxygen atoms in total. The van der Waals surface area contributed by atoms with E-state index in [4.69, 9.17) is 34.9 Å². The molecule has 40 heteroatoms. The first-order chi connectivity index (χ1) is 69.3. The highest BCUT2D eigenvalue weighted by molar-refractivity contribution is 7.25. The number of hydrogen-bond donors (Lipinski definition) is 6. The van der Waals surface area contributed by atoms with Crippen molar-refractivity contribution in [3.05, 3.63) is 289 Å². The van der Waals surface area contributed by atoms with Crippen LogP contribution < -0.4 is 5.32 Å². The molecule has 0 bridgehead atoms. The molecule has 0 atom stereocenters. The number of nitrogens with one attached hydrogen (secondary N) is 6. The van der Waals surface area contributed by atoms with Gasteiger partial charge in [-0.05, 0) is 115 Å². The van der Waals surface area contributed by atoms with Crippen molar-refractivity contribution in [3.63, 3.8) is 0 Å².